The van der Waals surface area contributed by atoms with Gasteiger partial charge in [-0.2, -0.15) is 0 Å². The molecule has 0 N–H and O–H groups in total. The molecule has 0 spiro atoms. The molecule has 0 heterocycles. The van der Waals surface area contributed by atoms with Crippen LogP contribution in [0.25, 0.3) is 0 Å². The molecule has 1 aromatic rings. The Kier molecular flexibility index (Phi) is 8.77. The fourth-order valence-electron chi connectivity index (χ4n) is 2.48. The molecule has 1 rings (SSSR count). The van der Waals surface area contributed by atoms with Gasteiger partial charge in [0, 0.05) is 6.42 Å². The van der Waals surface area contributed by atoms with Gasteiger partial charge in [-0.3, -0.25) is 4.79 Å². The number of hydrogen-bond donors (Lipinski definition) is 0. The van der Waals surface area contributed by atoms with Gasteiger partial charge in [0.2, 0.25) is 0 Å². The molecule has 1 atom stereocenters. The van der Waals surface area contributed by atoms with Gasteiger partial charge in [-0.25, -0.2) is 0 Å². The number of carbonyl (C=O) groups excluding carboxylic acids is 1. The van der Waals surface area contributed by atoms with E-state index in [4.69, 9.17) is 0 Å². The highest BCUT2D eigenvalue weighted by molar-refractivity contribution is 5.68. The predicted octanol–water partition coefficient (Wildman–Crippen LogP) is 5.08. The van der Waals surface area contributed by atoms with E-state index < -0.39 is 0 Å². The third-order valence-corrected chi connectivity index (χ3v) is 3.86. The molecule has 0 amide bonds. The Morgan fingerprint density at radius 1 is 1.00 bits per heavy atom. The molecule has 0 unspecified atom stereocenters. The summed E-state index contributed by atoms with van der Waals surface area (Å²) >= 11 is 0. The van der Waals surface area contributed by atoms with Gasteiger partial charge in [0.25, 0.3) is 0 Å². The van der Waals surface area contributed by atoms with Gasteiger partial charge in [-0.05, 0) is 24.3 Å². The van der Waals surface area contributed by atoms with E-state index in [1.54, 1.807) is 0 Å². The lowest BCUT2D eigenvalue weighted by Gasteiger charge is -2.11. The van der Waals surface area contributed by atoms with Crippen LogP contribution in [0.4, 0.5) is 0 Å². The predicted molar refractivity (Wildman–Crippen MR) is 83.8 cm³/mol. The first-order chi connectivity index (χ1) is 9.74. The number of rotatable bonds is 10. The van der Waals surface area contributed by atoms with Gasteiger partial charge >= 0.3 is 5.97 Å². The van der Waals surface area contributed by atoms with E-state index in [0.29, 0.717) is 12.3 Å². The summed E-state index contributed by atoms with van der Waals surface area (Å²) in [5.41, 5.74) is 1.45. The SMILES string of the molecule is COC(=O)CCCCCCCC[C@H](C)c1ccccc1. The van der Waals surface area contributed by atoms with Crippen molar-refractivity contribution in [2.24, 2.45) is 0 Å². The van der Waals surface area contributed by atoms with Crippen LogP contribution in [0.15, 0.2) is 30.3 Å². The van der Waals surface area contributed by atoms with Gasteiger partial charge in [-0.1, -0.05) is 69.4 Å². The van der Waals surface area contributed by atoms with Crippen LogP contribution in [0.2, 0.25) is 0 Å². The van der Waals surface area contributed by atoms with Gasteiger partial charge in [0.15, 0.2) is 0 Å². The molecule has 0 aliphatic heterocycles. The second kappa shape index (κ2) is 10.5. The second-order valence-electron chi connectivity index (χ2n) is 5.55. The second-order valence-corrected chi connectivity index (χ2v) is 5.55. The van der Waals surface area contributed by atoms with Crippen molar-refractivity contribution in [1.82, 2.24) is 0 Å². The zero-order valence-corrected chi connectivity index (χ0v) is 12.9. The maximum absolute atomic E-state index is 10.9. The number of esters is 1. The molecule has 0 aliphatic rings. The molecule has 2 nitrogen and oxygen atoms in total. The molecule has 0 aromatic heterocycles. The lowest BCUT2D eigenvalue weighted by Crippen LogP contribution is -1.99. The Morgan fingerprint density at radius 3 is 2.25 bits per heavy atom. The van der Waals surface area contributed by atoms with Crippen molar-refractivity contribution in [1.29, 1.82) is 0 Å². The molecule has 0 bridgehead atoms. The number of methoxy groups -OCH3 is 1. The summed E-state index contributed by atoms with van der Waals surface area (Å²) in [5, 5.41) is 0. The van der Waals surface area contributed by atoms with E-state index in [-0.39, 0.29) is 5.97 Å². The lowest BCUT2D eigenvalue weighted by molar-refractivity contribution is -0.140. The van der Waals surface area contributed by atoms with Gasteiger partial charge in [0.05, 0.1) is 7.11 Å². The first kappa shape index (κ1) is 16.7. The van der Waals surface area contributed by atoms with E-state index in [1.165, 1.54) is 44.8 Å². The van der Waals surface area contributed by atoms with Crippen LogP contribution >= 0.6 is 0 Å². The molecule has 1 aromatic carbocycles. The van der Waals surface area contributed by atoms with Gasteiger partial charge in [0.1, 0.15) is 0 Å². The molecule has 20 heavy (non-hydrogen) atoms. The number of carbonyl (C=O) groups is 1. The van der Waals surface area contributed by atoms with Crippen LogP contribution in [0, 0.1) is 0 Å². The quantitative estimate of drug-likeness (QED) is 0.440. The Bertz CT molecular complexity index is 359. The summed E-state index contributed by atoms with van der Waals surface area (Å²) in [7, 11) is 1.45. The average Bonchev–Trinajstić information content (AvgIpc) is 2.50. The maximum atomic E-state index is 10.9. The normalized spacial score (nSPS) is 12.1. The van der Waals surface area contributed by atoms with Gasteiger partial charge in [-0.15, -0.1) is 0 Å². The first-order valence-electron chi connectivity index (χ1n) is 7.86. The van der Waals surface area contributed by atoms with E-state index in [9.17, 15) is 4.79 Å². The number of ether oxygens (including phenoxy) is 1. The monoisotopic (exact) mass is 276 g/mol. The third-order valence-electron chi connectivity index (χ3n) is 3.86. The van der Waals surface area contributed by atoms with Crippen LogP contribution in [0.5, 0.6) is 0 Å². The number of unbranched alkanes of at least 4 members (excludes halogenated alkanes) is 5. The highest BCUT2D eigenvalue weighted by atomic mass is 16.5. The largest absolute Gasteiger partial charge is 0.469 e. The minimum absolute atomic E-state index is 0.0818. The molecular weight excluding hydrogens is 248 g/mol. The summed E-state index contributed by atoms with van der Waals surface area (Å²) in [5.74, 6) is 0.581. The Morgan fingerprint density at radius 2 is 1.60 bits per heavy atom. The fourth-order valence-corrected chi connectivity index (χ4v) is 2.48. The van der Waals surface area contributed by atoms with Crippen LogP contribution in [0.3, 0.4) is 0 Å². The standard InChI is InChI=1S/C18H28O2/c1-16(17-13-9-7-10-14-17)12-8-5-3-4-6-11-15-18(19)20-2/h7,9-10,13-14,16H,3-6,8,11-12,15H2,1-2H3/t16-/m0/s1. The molecule has 0 saturated carbocycles. The summed E-state index contributed by atoms with van der Waals surface area (Å²) in [4.78, 5) is 10.9. The highest BCUT2D eigenvalue weighted by Gasteiger charge is 2.04. The average molecular weight is 276 g/mol. The smallest absolute Gasteiger partial charge is 0.305 e. The summed E-state index contributed by atoms with van der Waals surface area (Å²) in [6.45, 7) is 2.31. The topological polar surface area (TPSA) is 26.3 Å². The van der Waals surface area contributed by atoms with E-state index in [2.05, 4.69) is 42.0 Å². The van der Waals surface area contributed by atoms with Gasteiger partial charge < -0.3 is 4.74 Å². The summed E-state index contributed by atoms with van der Waals surface area (Å²) in [6.07, 6.45) is 9.06. The molecule has 112 valence electrons. The maximum Gasteiger partial charge on any atom is 0.305 e. The molecule has 0 saturated heterocycles. The molecule has 2 heteroatoms. The number of benzene rings is 1. The Balaban J connectivity index is 1.96. The molecule has 0 fully saturated rings. The van der Waals surface area contributed by atoms with Crippen molar-refractivity contribution in [3.63, 3.8) is 0 Å². The summed E-state index contributed by atoms with van der Waals surface area (Å²) < 4.78 is 4.62. The van der Waals surface area contributed by atoms with Crippen molar-refractivity contribution in [3.05, 3.63) is 35.9 Å². The van der Waals surface area contributed by atoms with Crippen LogP contribution in [0.1, 0.15) is 69.8 Å². The minimum atomic E-state index is -0.0818. The zero-order valence-electron chi connectivity index (χ0n) is 12.9. The molecule has 0 aliphatic carbocycles. The van der Waals surface area contributed by atoms with E-state index >= 15 is 0 Å². The van der Waals surface area contributed by atoms with E-state index in [0.717, 1.165) is 12.8 Å². The minimum Gasteiger partial charge on any atom is -0.469 e. The molecule has 0 radical (unpaired) electrons. The van der Waals surface area contributed by atoms with Crippen LogP contribution < -0.4 is 0 Å². The molecular formula is C18H28O2. The van der Waals surface area contributed by atoms with Crippen molar-refractivity contribution < 1.29 is 9.53 Å². The number of hydrogen-bond acceptors (Lipinski definition) is 2. The fraction of sp³-hybridized carbons (Fsp3) is 0.611. The third kappa shape index (κ3) is 7.32. The van der Waals surface area contributed by atoms with Crippen molar-refractivity contribution in [2.45, 2.75) is 64.2 Å². The first-order valence-corrected chi connectivity index (χ1v) is 7.86. The van der Waals surface area contributed by atoms with Crippen LogP contribution in [-0.2, 0) is 9.53 Å². The van der Waals surface area contributed by atoms with E-state index in [1.807, 2.05) is 0 Å². The van der Waals surface area contributed by atoms with Crippen molar-refractivity contribution in [2.75, 3.05) is 7.11 Å². The lowest BCUT2D eigenvalue weighted by atomic mass is 9.95. The van der Waals surface area contributed by atoms with Crippen LogP contribution in [-0.4, -0.2) is 13.1 Å². The van der Waals surface area contributed by atoms with Crippen molar-refractivity contribution >= 4 is 5.97 Å². The Labute approximate surface area is 123 Å². The highest BCUT2D eigenvalue weighted by Crippen LogP contribution is 2.21. The summed E-state index contributed by atoms with van der Waals surface area (Å²) in [6, 6.07) is 10.7. The Hall–Kier alpha value is -1.31. The van der Waals surface area contributed by atoms with Crippen molar-refractivity contribution in [3.8, 4) is 0 Å². The zero-order chi connectivity index (χ0) is 14.6.